The predicted octanol–water partition coefficient (Wildman–Crippen LogP) is 3.76. The molecule has 0 aliphatic carbocycles. The fourth-order valence-corrected chi connectivity index (χ4v) is 3.38. The first-order valence-corrected chi connectivity index (χ1v) is 10.0. The molecule has 0 aromatic heterocycles. The standard InChI is InChI=1S/C23H30N2O3/c1-18(28-22-12-10-21(27-2)11-13-22)23(26)24-16-19-6-8-20(9-7-19)17-25-14-4-3-5-15-25/h6-13,18H,3-5,14-17H2,1-2H3,(H,24,26)/t18-/m0/s1. The molecule has 1 amide bonds. The third-order valence-electron chi connectivity index (χ3n) is 5.09. The molecule has 1 fully saturated rings. The van der Waals surface area contributed by atoms with Crippen molar-refractivity contribution in [2.45, 2.75) is 45.4 Å². The van der Waals surface area contributed by atoms with Crippen molar-refractivity contribution >= 4 is 5.91 Å². The van der Waals surface area contributed by atoms with Gasteiger partial charge in [-0.1, -0.05) is 30.7 Å². The Labute approximate surface area is 167 Å². The number of piperidine rings is 1. The molecule has 3 rings (SSSR count). The number of carbonyl (C=O) groups excluding carboxylic acids is 1. The van der Waals surface area contributed by atoms with Crippen LogP contribution in [0.3, 0.4) is 0 Å². The van der Waals surface area contributed by atoms with E-state index in [9.17, 15) is 4.79 Å². The molecule has 2 aromatic rings. The first-order valence-electron chi connectivity index (χ1n) is 10.0. The molecule has 0 saturated carbocycles. The average Bonchev–Trinajstić information content (AvgIpc) is 2.74. The molecule has 0 spiro atoms. The van der Waals surface area contributed by atoms with Crippen LogP contribution in [0.5, 0.6) is 11.5 Å². The Kier molecular flexibility index (Phi) is 7.31. The van der Waals surface area contributed by atoms with Crippen LogP contribution in [0.15, 0.2) is 48.5 Å². The van der Waals surface area contributed by atoms with E-state index in [1.54, 1.807) is 26.2 Å². The summed E-state index contributed by atoms with van der Waals surface area (Å²) < 4.78 is 10.8. The second kappa shape index (κ2) is 10.1. The Morgan fingerprint density at radius 1 is 0.964 bits per heavy atom. The Bertz CT molecular complexity index is 737. The summed E-state index contributed by atoms with van der Waals surface area (Å²) in [4.78, 5) is 14.8. The Morgan fingerprint density at radius 3 is 2.21 bits per heavy atom. The first kappa shape index (κ1) is 20.2. The summed E-state index contributed by atoms with van der Waals surface area (Å²) >= 11 is 0. The van der Waals surface area contributed by atoms with Crippen molar-refractivity contribution in [2.75, 3.05) is 20.2 Å². The molecule has 5 heteroatoms. The summed E-state index contributed by atoms with van der Waals surface area (Å²) in [6.07, 6.45) is 3.41. The normalized spacial score (nSPS) is 15.6. The third-order valence-corrected chi connectivity index (χ3v) is 5.09. The lowest BCUT2D eigenvalue weighted by atomic mass is 10.1. The van der Waals surface area contributed by atoms with Crippen molar-refractivity contribution in [3.63, 3.8) is 0 Å². The van der Waals surface area contributed by atoms with Crippen LogP contribution < -0.4 is 14.8 Å². The van der Waals surface area contributed by atoms with Crippen LogP contribution in [0.1, 0.15) is 37.3 Å². The number of nitrogens with one attached hydrogen (secondary N) is 1. The highest BCUT2D eigenvalue weighted by molar-refractivity contribution is 5.80. The molecule has 5 nitrogen and oxygen atoms in total. The fourth-order valence-electron chi connectivity index (χ4n) is 3.38. The first-order chi connectivity index (χ1) is 13.6. The van der Waals surface area contributed by atoms with Crippen LogP contribution in [0, 0.1) is 0 Å². The molecule has 0 radical (unpaired) electrons. The Balaban J connectivity index is 1.43. The second-order valence-corrected chi connectivity index (χ2v) is 7.31. The molecule has 1 N–H and O–H groups in total. The van der Waals surface area contributed by atoms with Crippen LogP contribution in [-0.2, 0) is 17.9 Å². The smallest absolute Gasteiger partial charge is 0.261 e. The van der Waals surface area contributed by atoms with E-state index in [4.69, 9.17) is 9.47 Å². The van der Waals surface area contributed by atoms with Crippen LogP contribution in [0.4, 0.5) is 0 Å². The number of likely N-dealkylation sites (tertiary alicyclic amines) is 1. The van der Waals surface area contributed by atoms with Gasteiger partial charge in [-0.2, -0.15) is 0 Å². The number of benzene rings is 2. The van der Waals surface area contributed by atoms with E-state index in [-0.39, 0.29) is 5.91 Å². The summed E-state index contributed by atoms with van der Waals surface area (Å²) in [7, 11) is 1.62. The van der Waals surface area contributed by atoms with Crippen molar-refractivity contribution in [3.05, 3.63) is 59.7 Å². The van der Waals surface area contributed by atoms with Gasteiger partial charge in [0.15, 0.2) is 6.10 Å². The lowest BCUT2D eigenvalue weighted by Gasteiger charge is -2.26. The minimum atomic E-state index is -0.563. The molecule has 28 heavy (non-hydrogen) atoms. The fraction of sp³-hybridized carbons (Fsp3) is 0.435. The van der Waals surface area contributed by atoms with Crippen molar-refractivity contribution in [1.29, 1.82) is 0 Å². The molecule has 1 aliphatic rings. The Hall–Kier alpha value is -2.53. The van der Waals surface area contributed by atoms with E-state index in [0.717, 1.165) is 17.9 Å². The maximum atomic E-state index is 12.3. The van der Waals surface area contributed by atoms with Gasteiger partial charge in [-0.05, 0) is 68.2 Å². The van der Waals surface area contributed by atoms with Gasteiger partial charge in [-0.25, -0.2) is 0 Å². The van der Waals surface area contributed by atoms with Crippen LogP contribution >= 0.6 is 0 Å². The molecular formula is C23H30N2O3. The number of methoxy groups -OCH3 is 1. The molecule has 1 heterocycles. The van der Waals surface area contributed by atoms with Gasteiger partial charge in [0.25, 0.3) is 5.91 Å². The second-order valence-electron chi connectivity index (χ2n) is 7.31. The zero-order chi connectivity index (χ0) is 19.8. The molecule has 0 unspecified atom stereocenters. The van der Waals surface area contributed by atoms with E-state index < -0.39 is 6.10 Å². The zero-order valence-corrected chi connectivity index (χ0v) is 16.8. The molecule has 150 valence electrons. The quantitative estimate of drug-likeness (QED) is 0.755. The van der Waals surface area contributed by atoms with Crippen LogP contribution in [0.2, 0.25) is 0 Å². The van der Waals surface area contributed by atoms with Gasteiger partial charge in [-0.3, -0.25) is 9.69 Å². The zero-order valence-electron chi connectivity index (χ0n) is 16.8. The Morgan fingerprint density at radius 2 is 1.57 bits per heavy atom. The molecular weight excluding hydrogens is 352 g/mol. The van der Waals surface area contributed by atoms with Gasteiger partial charge in [0.1, 0.15) is 11.5 Å². The molecule has 2 aromatic carbocycles. The summed E-state index contributed by atoms with van der Waals surface area (Å²) in [5, 5.41) is 2.94. The topological polar surface area (TPSA) is 50.8 Å². The number of nitrogens with zero attached hydrogens (tertiary/aromatic N) is 1. The van der Waals surface area contributed by atoms with Crippen molar-refractivity contribution < 1.29 is 14.3 Å². The summed E-state index contributed by atoms with van der Waals surface area (Å²) in [6, 6.07) is 15.7. The van der Waals surface area contributed by atoms with E-state index in [1.807, 2.05) is 12.1 Å². The average molecular weight is 383 g/mol. The lowest BCUT2D eigenvalue weighted by Crippen LogP contribution is -2.35. The summed E-state index contributed by atoms with van der Waals surface area (Å²) in [5.74, 6) is 1.27. The SMILES string of the molecule is COc1ccc(O[C@@H](C)C(=O)NCc2ccc(CN3CCCCC3)cc2)cc1. The molecule has 0 bridgehead atoms. The highest BCUT2D eigenvalue weighted by Gasteiger charge is 2.14. The number of rotatable bonds is 8. The van der Waals surface area contributed by atoms with Gasteiger partial charge in [0.05, 0.1) is 7.11 Å². The number of amides is 1. The molecule has 1 atom stereocenters. The van der Waals surface area contributed by atoms with Crippen LogP contribution in [0.25, 0.3) is 0 Å². The van der Waals surface area contributed by atoms with Crippen molar-refractivity contribution in [3.8, 4) is 11.5 Å². The van der Waals surface area contributed by atoms with E-state index in [0.29, 0.717) is 12.3 Å². The minimum absolute atomic E-state index is 0.131. The van der Waals surface area contributed by atoms with Crippen LogP contribution in [-0.4, -0.2) is 37.1 Å². The summed E-state index contributed by atoms with van der Waals surface area (Å²) in [6.45, 7) is 5.66. The van der Waals surface area contributed by atoms with Crippen molar-refractivity contribution in [2.24, 2.45) is 0 Å². The predicted molar refractivity (Wildman–Crippen MR) is 111 cm³/mol. The lowest BCUT2D eigenvalue weighted by molar-refractivity contribution is -0.127. The van der Waals surface area contributed by atoms with Gasteiger partial charge in [0, 0.05) is 13.1 Å². The number of ether oxygens (including phenoxy) is 2. The van der Waals surface area contributed by atoms with E-state index in [1.165, 1.54) is 37.9 Å². The molecule has 1 aliphatic heterocycles. The van der Waals surface area contributed by atoms with E-state index >= 15 is 0 Å². The monoisotopic (exact) mass is 382 g/mol. The number of hydrogen-bond acceptors (Lipinski definition) is 4. The van der Waals surface area contributed by atoms with E-state index in [2.05, 4.69) is 34.5 Å². The molecule has 1 saturated heterocycles. The maximum Gasteiger partial charge on any atom is 0.261 e. The minimum Gasteiger partial charge on any atom is -0.497 e. The van der Waals surface area contributed by atoms with Gasteiger partial charge in [0.2, 0.25) is 0 Å². The maximum absolute atomic E-state index is 12.3. The number of hydrogen-bond donors (Lipinski definition) is 1. The van der Waals surface area contributed by atoms with Crippen molar-refractivity contribution in [1.82, 2.24) is 10.2 Å². The van der Waals surface area contributed by atoms with Gasteiger partial charge in [-0.15, -0.1) is 0 Å². The summed E-state index contributed by atoms with van der Waals surface area (Å²) in [5.41, 5.74) is 2.42. The highest BCUT2D eigenvalue weighted by atomic mass is 16.5. The van der Waals surface area contributed by atoms with Gasteiger partial charge < -0.3 is 14.8 Å². The number of carbonyl (C=O) groups is 1. The third kappa shape index (κ3) is 5.99. The largest absolute Gasteiger partial charge is 0.497 e. The highest BCUT2D eigenvalue weighted by Crippen LogP contribution is 2.18. The van der Waals surface area contributed by atoms with Gasteiger partial charge >= 0.3 is 0 Å².